The van der Waals surface area contributed by atoms with Crippen LogP contribution in [0.25, 0.3) is 0 Å². The van der Waals surface area contributed by atoms with Crippen LogP contribution in [-0.2, 0) is 23.2 Å². The normalized spacial score (nSPS) is 24.5. The summed E-state index contributed by atoms with van der Waals surface area (Å²) < 4.78 is 28.8. The molecule has 1 aromatic carbocycles. The van der Waals surface area contributed by atoms with Crippen LogP contribution < -0.4 is 5.73 Å². The maximum absolute atomic E-state index is 12.8. The Morgan fingerprint density at radius 2 is 1.86 bits per heavy atom. The molecule has 2 N–H and O–H groups in total. The molecule has 2 atom stereocenters. The second-order valence-corrected chi connectivity index (χ2v) is 8.05. The van der Waals surface area contributed by atoms with E-state index >= 15 is 0 Å². The van der Waals surface area contributed by atoms with Crippen LogP contribution in [0.1, 0.15) is 24.5 Å². The van der Waals surface area contributed by atoms with Crippen molar-refractivity contribution in [3.8, 4) is 0 Å². The summed E-state index contributed by atoms with van der Waals surface area (Å²) in [5.74, 6) is 0.275. The van der Waals surface area contributed by atoms with Crippen molar-refractivity contribution in [1.82, 2.24) is 8.61 Å². The van der Waals surface area contributed by atoms with E-state index in [4.69, 9.17) is 5.73 Å². The lowest BCUT2D eigenvalue weighted by atomic mass is 10.0. The number of rotatable bonds is 3. The minimum atomic E-state index is -3.36. The van der Waals surface area contributed by atoms with Crippen molar-refractivity contribution < 1.29 is 8.42 Å². The molecule has 0 saturated carbocycles. The van der Waals surface area contributed by atoms with E-state index in [0.717, 1.165) is 18.4 Å². The van der Waals surface area contributed by atoms with Gasteiger partial charge in [0.2, 0.25) is 0 Å². The molecule has 2 heterocycles. The summed E-state index contributed by atoms with van der Waals surface area (Å²) in [6.07, 6.45) is 1.65. The Morgan fingerprint density at radius 3 is 2.50 bits per heavy atom. The fourth-order valence-corrected chi connectivity index (χ4v) is 4.89. The van der Waals surface area contributed by atoms with Gasteiger partial charge in [-0.2, -0.15) is 17.0 Å². The number of nitrogens with two attached hydrogens (primary N) is 1. The SMILES string of the molecule is CC(N)C1CCN(S(=O)(=O)N2CCc3ccccc3C2)C1.Cl. The summed E-state index contributed by atoms with van der Waals surface area (Å²) in [7, 11) is -3.36. The van der Waals surface area contributed by atoms with Crippen molar-refractivity contribution in [2.75, 3.05) is 19.6 Å². The molecule has 0 radical (unpaired) electrons. The van der Waals surface area contributed by atoms with Crippen molar-refractivity contribution in [2.45, 2.75) is 32.4 Å². The second-order valence-electron chi connectivity index (χ2n) is 6.13. The molecule has 5 nitrogen and oxygen atoms in total. The Morgan fingerprint density at radius 1 is 1.18 bits per heavy atom. The average molecular weight is 346 g/mol. The molecule has 2 aliphatic heterocycles. The molecule has 7 heteroatoms. The van der Waals surface area contributed by atoms with E-state index in [2.05, 4.69) is 6.07 Å². The minimum Gasteiger partial charge on any atom is -0.328 e. The number of hydrogen-bond donors (Lipinski definition) is 1. The van der Waals surface area contributed by atoms with Crippen LogP contribution in [0.3, 0.4) is 0 Å². The fraction of sp³-hybridized carbons (Fsp3) is 0.600. The topological polar surface area (TPSA) is 66.6 Å². The first-order valence-electron chi connectivity index (χ1n) is 7.56. The van der Waals surface area contributed by atoms with Gasteiger partial charge in [-0.1, -0.05) is 24.3 Å². The van der Waals surface area contributed by atoms with E-state index in [1.54, 1.807) is 8.61 Å². The second kappa shape index (κ2) is 6.84. The van der Waals surface area contributed by atoms with Gasteiger partial charge >= 0.3 is 0 Å². The van der Waals surface area contributed by atoms with E-state index in [-0.39, 0.29) is 24.4 Å². The van der Waals surface area contributed by atoms with Gasteiger partial charge in [-0.15, -0.1) is 12.4 Å². The summed E-state index contributed by atoms with van der Waals surface area (Å²) in [5, 5.41) is 0. The largest absolute Gasteiger partial charge is 0.328 e. The van der Waals surface area contributed by atoms with Crippen LogP contribution >= 0.6 is 12.4 Å². The van der Waals surface area contributed by atoms with Gasteiger partial charge < -0.3 is 5.73 Å². The lowest BCUT2D eigenvalue weighted by Gasteiger charge is -2.31. The number of hydrogen-bond acceptors (Lipinski definition) is 3. The molecule has 0 aliphatic carbocycles. The zero-order chi connectivity index (χ0) is 15.0. The lowest BCUT2D eigenvalue weighted by molar-refractivity contribution is 0.338. The van der Waals surface area contributed by atoms with Crippen LogP contribution in [0.5, 0.6) is 0 Å². The average Bonchev–Trinajstić information content (AvgIpc) is 2.97. The molecule has 3 rings (SSSR count). The predicted molar refractivity (Wildman–Crippen MR) is 90.1 cm³/mol. The van der Waals surface area contributed by atoms with Crippen molar-refractivity contribution in [3.63, 3.8) is 0 Å². The van der Waals surface area contributed by atoms with E-state index in [0.29, 0.717) is 26.2 Å². The van der Waals surface area contributed by atoms with Gasteiger partial charge in [0.05, 0.1) is 0 Å². The van der Waals surface area contributed by atoms with Crippen LogP contribution in [0.15, 0.2) is 24.3 Å². The molecule has 1 saturated heterocycles. The van der Waals surface area contributed by atoms with Gasteiger partial charge in [0, 0.05) is 32.2 Å². The third-order valence-electron chi connectivity index (χ3n) is 4.68. The monoisotopic (exact) mass is 345 g/mol. The van der Waals surface area contributed by atoms with Crippen molar-refractivity contribution in [3.05, 3.63) is 35.4 Å². The molecule has 0 aromatic heterocycles. The maximum Gasteiger partial charge on any atom is 0.282 e. The molecule has 2 aliphatic rings. The fourth-order valence-electron chi connectivity index (χ4n) is 3.22. The number of benzene rings is 1. The highest BCUT2D eigenvalue weighted by Gasteiger charge is 2.37. The number of nitrogens with zero attached hydrogens (tertiary/aromatic N) is 2. The molecule has 2 unspecified atom stereocenters. The minimum absolute atomic E-state index is 0. The molecular formula is C15H24ClN3O2S. The molecule has 0 bridgehead atoms. The number of fused-ring (bicyclic) bond motifs is 1. The summed E-state index contributed by atoms with van der Waals surface area (Å²) in [6, 6.07) is 8.13. The Bertz CT molecular complexity index is 621. The van der Waals surface area contributed by atoms with Crippen molar-refractivity contribution in [1.29, 1.82) is 0 Å². The third kappa shape index (κ3) is 3.31. The molecule has 0 spiro atoms. The van der Waals surface area contributed by atoms with Gasteiger partial charge in [-0.3, -0.25) is 0 Å². The molecule has 1 fully saturated rings. The van der Waals surface area contributed by atoms with Crippen molar-refractivity contribution >= 4 is 22.6 Å². The molecule has 1 aromatic rings. The first-order chi connectivity index (χ1) is 9.98. The molecule has 124 valence electrons. The van der Waals surface area contributed by atoms with E-state index < -0.39 is 10.2 Å². The number of halogens is 1. The third-order valence-corrected chi connectivity index (χ3v) is 6.63. The zero-order valence-corrected chi connectivity index (χ0v) is 14.4. The first kappa shape index (κ1) is 17.7. The quantitative estimate of drug-likeness (QED) is 0.900. The van der Waals surface area contributed by atoms with Gasteiger partial charge in [-0.05, 0) is 36.8 Å². The van der Waals surface area contributed by atoms with Gasteiger partial charge in [0.1, 0.15) is 0 Å². The van der Waals surface area contributed by atoms with Crippen LogP contribution in [0.4, 0.5) is 0 Å². The molecule has 22 heavy (non-hydrogen) atoms. The maximum atomic E-state index is 12.8. The van der Waals surface area contributed by atoms with E-state index in [1.165, 1.54) is 5.56 Å². The first-order valence-corrected chi connectivity index (χ1v) is 8.96. The Kier molecular flexibility index (Phi) is 5.50. The Labute approximate surface area is 139 Å². The van der Waals surface area contributed by atoms with Crippen LogP contribution in [0, 0.1) is 5.92 Å². The van der Waals surface area contributed by atoms with Gasteiger partial charge in [-0.25, -0.2) is 0 Å². The van der Waals surface area contributed by atoms with Crippen molar-refractivity contribution in [2.24, 2.45) is 11.7 Å². The summed E-state index contributed by atoms with van der Waals surface area (Å²) in [6.45, 7) is 4.15. The van der Waals surface area contributed by atoms with E-state index in [9.17, 15) is 8.42 Å². The highest BCUT2D eigenvalue weighted by atomic mass is 35.5. The predicted octanol–water partition coefficient (Wildman–Crippen LogP) is 1.38. The van der Waals surface area contributed by atoms with Gasteiger partial charge in [0.25, 0.3) is 10.2 Å². The highest BCUT2D eigenvalue weighted by Crippen LogP contribution is 2.27. The standard InChI is InChI=1S/C15H23N3O2S.ClH/c1-12(16)14-7-9-17(10-14)21(19,20)18-8-6-13-4-2-3-5-15(13)11-18;/h2-5,12,14H,6-11,16H2,1H3;1H. The van der Waals surface area contributed by atoms with E-state index in [1.807, 2.05) is 25.1 Å². The Hall–Kier alpha value is -0.660. The lowest BCUT2D eigenvalue weighted by Crippen LogP contribution is -2.45. The summed E-state index contributed by atoms with van der Waals surface area (Å²) in [4.78, 5) is 0. The zero-order valence-electron chi connectivity index (χ0n) is 12.8. The summed E-state index contributed by atoms with van der Waals surface area (Å²) >= 11 is 0. The van der Waals surface area contributed by atoms with Crippen LogP contribution in [-0.4, -0.2) is 42.7 Å². The molecular weight excluding hydrogens is 322 g/mol. The Balaban J connectivity index is 0.00000176. The smallest absolute Gasteiger partial charge is 0.282 e. The molecule has 0 amide bonds. The summed E-state index contributed by atoms with van der Waals surface area (Å²) in [5.41, 5.74) is 8.29. The highest BCUT2D eigenvalue weighted by molar-refractivity contribution is 7.86. The van der Waals surface area contributed by atoms with Gasteiger partial charge in [0.15, 0.2) is 0 Å². The van der Waals surface area contributed by atoms with Crippen LogP contribution in [0.2, 0.25) is 0 Å².